The summed E-state index contributed by atoms with van der Waals surface area (Å²) in [6, 6.07) is 0. The number of aliphatic hydroxyl groups is 1. The van der Waals surface area contributed by atoms with Gasteiger partial charge in [-0.2, -0.15) is 0 Å². The quantitative estimate of drug-likeness (QED) is 0.327. The third kappa shape index (κ3) is 9.55. The van der Waals surface area contributed by atoms with Gasteiger partial charge in [-0.05, 0) is 31.6 Å². The summed E-state index contributed by atoms with van der Waals surface area (Å²) >= 11 is 0. The van der Waals surface area contributed by atoms with Crippen molar-refractivity contribution in [3.8, 4) is 0 Å². The van der Waals surface area contributed by atoms with Crippen LogP contribution in [0.25, 0.3) is 0 Å². The topological polar surface area (TPSA) is 20.2 Å². The summed E-state index contributed by atoms with van der Waals surface area (Å²) in [5.41, 5.74) is -0.382. The lowest BCUT2D eigenvalue weighted by atomic mass is 9.74. The average Bonchev–Trinajstić information content (AvgIpc) is 2.50. The summed E-state index contributed by atoms with van der Waals surface area (Å²) in [7, 11) is 0. The molecule has 0 aromatic rings. The highest BCUT2D eigenvalue weighted by Gasteiger charge is 2.34. The Morgan fingerprint density at radius 3 is 1.57 bits per heavy atom. The monoisotopic (exact) mass is 298 g/mol. The van der Waals surface area contributed by atoms with Crippen LogP contribution in [0, 0.1) is 5.92 Å². The van der Waals surface area contributed by atoms with E-state index in [4.69, 9.17) is 0 Å². The second-order valence-electron chi connectivity index (χ2n) is 7.00. The molecular formula is C20H42O. The maximum absolute atomic E-state index is 11.3. The summed E-state index contributed by atoms with van der Waals surface area (Å²) in [5, 5.41) is 11.3. The van der Waals surface area contributed by atoms with Crippen molar-refractivity contribution in [3.05, 3.63) is 0 Å². The van der Waals surface area contributed by atoms with E-state index in [2.05, 4.69) is 27.7 Å². The van der Waals surface area contributed by atoms with Crippen molar-refractivity contribution in [1.29, 1.82) is 0 Å². The molecule has 0 radical (unpaired) electrons. The normalized spacial score (nSPS) is 13.6. The molecule has 1 atom stereocenters. The van der Waals surface area contributed by atoms with Gasteiger partial charge in [0.05, 0.1) is 5.60 Å². The maximum atomic E-state index is 11.3. The van der Waals surface area contributed by atoms with Gasteiger partial charge in [0.1, 0.15) is 0 Å². The molecule has 0 aliphatic carbocycles. The number of rotatable bonds is 15. The van der Waals surface area contributed by atoms with Crippen molar-refractivity contribution in [2.45, 2.75) is 123 Å². The van der Waals surface area contributed by atoms with E-state index in [9.17, 15) is 5.11 Å². The van der Waals surface area contributed by atoms with Crippen molar-refractivity contribution in [2.24, 2.45) is 5.92 Å². The molecule has 0 heterocycles. The van der Waals surface area contributed by atoms with Crippen LogP contribution in [0.15, 0.2) is 0 Å². The Bertz CT molecular complexity index is 204. The minimum atomic E-state index is -0.382. The summed E-state index contributed by atoms with van der Waals surface area (Å²) in [5.74, 6) is 0.535. The molecule has 0 saturated heterocycles. The first-order valence-electron chi connectivity index (χ1n) is 9.86. The van der Waals surface area contributed by atoms with Crippen molar-refractivity contribution in [3.63, 3.8) is 0 Å². The van der Waals surface area contributed by atoms with Crippen molar-refractivity contribution < 1.29 is 5.11 Å². The van der Waals surface area contributed by atoms with Crippen molar-refractivity contribution in [2.75, 3.05) is 0 Å². The highest BCUT2D eigenvalue weighted by atomic mass is 16.3. The summed E-state index contributed by atoms with van der Waals surface area (Å²) < 4.78 is 0. The first kappa shape index (κ1) is 21.0. The molecule has 0 aromatic heterocycles. The molecule has 1 unspecified atom stereocenters. The van der Waals surface area contributed by atoms with E-state index < -0.39 is 0 Å². The van der Waals surface area contributed by atoms with Crippen molar-refractivity contribution >= 4 is 0 Å². The highest BCUT2D eigenvalue weighted by Crippen LogP contribution is 2.36. The lowest BCUT2D eigenvalue weighted by Gasteiger charge is -2.37. The Morgan fingerprint density at radius 2 is 1.10 bits per heavy atom. The first-order valence-corrected chi connectivity index (χ1v) is 9.86. The zero-order valence-corrected chi connectivity index (χ0v) is 15.4. The van der Waals surface area contributed by atoms with Crippen LogP contribution in [-0.2, 0) is 0 Å². The fraction of sp³-hybridized carbons (Fsp3) is 1.00. The fourth-order valence-electron chi connectivity index (χ4n) is 3.45. The van der Waals surface area contributed by atoms with Gasteiger partial charge in [0.25, 0.3) is 0 Å². The third-order valence-electron chi connectivity index (χ3n) is 5.00. The average molecular weight is 299 g/mol. The Hall–Kier alpha value is -0.0400. The molecule has 1 N–H and O–H groups in total. The van der Waals surface area contributed by atoms with Crippen LogP contribution in [0.3, 0.4) is 0 Å². The van der Waals surface area contributed by atoms with Gasteiger partial charge in [0, 0.05) is 0 Å². The number of hydrogen-bond acceptors (Lipinski definition) is 1. The van der Waals surface area contributed by atoms with Gasteiger partial charge in [-0.1, -0.05) is 91.9 Å². The van der Waals surface area contributed by atoms with Crippen LogP contribution in [0.5, 0.6) is 0 Å². The highest BCUT2D eigenvalue weighted by molar-refractivity contribution is 4.86. The lowest BCUT2D eigenvalue weighted by molar-refractivity contribution is -0.0449. The summed E-state index contributed by atoms with van der Waals surface area (Å²) in [6.45, 7) is 9.02. The van der Waals surface area contributed by atoms with E-state index in [0.717, 1.165) is 12.8 Å². The van der Waals surface area contributed by atoms with E-state index in [1.54, 1.807) is 0 Å². The molecule has 0 bridgehead atoms. The molecule has 1 nitrogen and oxygen atoms in total. The van der Waals surface area contributed by atoms with E-state index in [1.807, 2.05) is 0 Å². The van der Waals surface area contributed by atoms with Gasteiger partial charge in [0.2, 0.25) is 0 Å². The molecule has 21 heavy (non-hydrogen) atoms. The molecule has 0 aliphatic heterocycles. The SMILES string of the molecule is CCCCCCC(CCCC)C(O)(CCCC)CCCC. The standard InChI is InChI=1S/C20H42O/c1-5-9-13-14-16-19(15-10-6-2)20(21,17-11-7-3)18-12-8-4/h19,21H,5-18H2,1-4H3. The predicted octanol–water partition coefficient (Wildman–Crippen LogP) is 6.87. The van der Waals surface area contributed by atoms with E-state index >= 15 is 0 Å². The molecule has 0 fully saturated rings. The Balaban J connectivity index is 4.62. The van der Waals surface area contributed by atoms with E-state index in [1.165, 1.54) is 77.0 Å². The zero-order chi connectivity index (χ0) is 16.0. The largest absolute Gasteiger partial charge is 0.390 e. The molecular weight excluding hydrogens is 256 g/mol. The van der Waals surface area contributed by atoms with Crippen LogP contribution < -0.4 is 0 Å². The van der Waals surface area contributed by atoms with Crippen LogP contribution in [0.2, 0.25) is 0 Å². The van der Waals surface area contributed by atoms with Gasteiger partial charge < -0.3 is 5.11 Å². The van der Waals surface area contributed by atoms with Gasteiger partial charge in [-0.3, -0.25) is 0 Å². The zero-order valence-electron chi connectivity index (χ0n) is 15.4. The van der Waals surface area contributed by atoms with E-state index in [-0.39, 0.29) is 5.60 Å². The molecule has 0 aromatic carbocycles. The van der Waals surface area contributed by atoms with Gasteiger partial charge in [-0.15, -0.1) is 0 Å². The Morgan fingerprint density at radius 1 is 0.619 bits per heavy atom. The van der Waals surface area contributed by atoms with Crippen molar-refractivity contribution in [1.82, 2.24) is 0 Å². The van der Waals surface area contributed by atoms with Crippen LogP contribution >= 0.6 is 0 Å². The second kappa shape index (κ2) is 13.6. The molecule has 1 heteroatoms. The smallest absolute Gasteiger partial charge is 0.0675 e. The minimum Gasteiger partial charge on any atom is -0.390 e. The summed E-state index contributed by atoms with van der Waals surface area (Å²) in [6.07, 6.45) is 17.1. The van der Waals surface area contributed by atoms with Crippen LogP contribution in [0.4, 0.5) is 0 Å². The minimum absolute atomic E-state index is 0.382. The molecule has 0 rings (SSSR count). The van der Waals surface area contributed by atoms with E-state index in [0.29, 0.717) is 5.92 Å². The lowest BCUT2D eigenvalue weighted by Crippen LogP contribution is -2.38. The predicted molar refractivity (Wildman–Crippen MR) is 95.8 cm³/mol. The summed E-state index contributed by atoms with van der Waals surface area (Å²) in [4.78, 5) is 0. The second-order valence-corrected chi connectivity index (χ2v) is 7.00. The van der Waals surface area contributed by atoms with Crippen LogP contribution in [0.1, 0.15) is 118 Å². The van der Waals surface area contributed by atoms with Crippen LogP contribution in [-0.4, -0.2) is 10.7 Å². The molecule has 0 saturated carbocycles. The van der Waals surface area contributed by atoms with Gasteiger partial charge in [0.15, 0.2) is 0 Å². The first-order chi connectivity index (χ1) is 10.1. The van der Waals surface area contributed by atoms with Gasteiger partial charge in [-0.25, -0.2) is 0 Å². The molecule has 0 amide bonds. The third-order valence-corrected chi connectivity index (χ3v) is 5.00. The Kier molecular flexibility index (Phi) is 13.6. The fourth-order valence-corrected chi connectivity index (χ4v) is 3.45. The number of unbranched alkanes of at least 4 members (excludes halogenated alkanes) is 6. The molecule has 0 aliphatic rings. The molecule has 128 valence electrons. The number of hydrogen-bond donors (Lipinski definition) is 1. The molecule has 0 spiro atoms. The maximum Gasteiger partial charge on any atom is 0.0675 e. The van der Waals surface area contributed by atoms with Gasteiger partial charge >= 0.3 is 0 Å². The Labute approximate surface area is 134 Å².